The van der Waals surface area contributed by atoms with E-state index in [9.17, 15) is 13.6 Å². The lowest BCUT2D eigenvalue weighted by molar-refractivity contribution is -0.0498. The van der Waals surface area contributed by atoms with E-state index in [0.29, 0.717) is 18.2 Å². The van der Waals surface area contributed by atoms with E-state index >= 15 is 0 Å². The fourth-order valence-electron chi connectivity index (χ4n) is 2.93. The number of nitrogens with zero attached hydrogens (tertiary/aromatic N) is 1. The number of alkyl halides is 2. The van der Waals surface area contributed by atoms with Gasteiger partial charge in [-0.25, -0.2) is 4.79 Å². The van der Waals surface area contributed by atoms with Crippen LogP contribution in [0.15, 0.2) is 54.6 Å². The molecule has 6 heteroatoms. The summed E-state index contributed by atoms with van der Waals surface area (Å²) in [5.41, 5.74) is 1.61. The van der Waals surface area contributed by atoms with E-state index in [1.54, 1.807) is 12.1 Å². The SMILES string of the molecule is CC(C1CC1)N(Cc1ccccc1)C(=O)Nc1ccc(OC(F)F)cc1. The van der Waals surface area contributed by atoms with Crippen LogP contribution < -0.4 is 10.1 Å². The number of amides is 2. The first-order valence-electron chi connectivity index (χ1n) is 8.69. The second-order valence-corrected chi connectivity index (χ2v) is 6.52. The number of hydrogen-bond donors (Lipinski definition) is 1. The highest BCUT2D eigenvalue weighted by Gasteiger charge is 2.34. The van der Waals surface area contributed by atoms with Crippen molar-refractivity contribution >= 4 is 11.7 Å². The van der Waals surface area contributed by atoms with E-state index in [2.05, 4.69) is 17.0 Å². The summed E-state index contributed by atoms with van der Waals surface area (Å²) in [6.45, 7) is -0.271. The molecule has 1 aliphatic rings. The van der Waals surface area contributed by atoms with Gasteiger partial charge in [0.25, 0.3) is 0 Å². The van der Waals surface area contributed by atoms with Crippen LogP contribution in [0.3, 0.4) is 0 Å². The van der Waals surface area contributed by atoms with Gasteiger partial charge in [0.2, 0.25) is 0 Å². The molecule has 1 atom stereocenters. The van der Waals surface area contributed by atoms with Gasteiger partial charge >= 0.3 is 12.6 Å². The van der Waals surface area contributed by atoms with Crippen LogP contribution in [0.5, 0.6) is 5.75 Å². The molecule has 1 aliphatic carbocycles. The van der Waals surface area contributed by atoms with E-state index in [1.807, 2.05) is 35.2 Å². The first kappa shape index (κ1) is 18.2. The molecule has 26 heavy (non-hydrogen) atoms. The number of carbonyl (C=O) groups is 1. The maximum atomic E-state index is 12.8. The first-order chi connectivity index (χ1) is 12.5. The zero-order valence-electron chi connectivity index (χ0n) is 14.6. The summed E-state index contributed by atoms with van der Waals surface area (Å²) < 4.78 is 28.8. The fourth-order valence-corrected chi connectivity index (χ4v) is 2.93. The summed E-state index contributed by atoms with van der Waals surface area (Å²) in [5.74, 6) is 0.594. The van der Waals surface area contributed by atoms with E-state index in [0.717, 1.165) is 18.4 Å². The van der Waals surface area contributed by atoms with Crippen molar-refractivity contribution in [2.45, 2.75) is 39.0 Å². The van der Waals surface area contributed by atoms with Gasteiger partial charge in [-0.2, -0.15) is 8.78 Å². The van der Waals surface area contributed by atoms with Crippen LogP contribution >= 0.6 is 0 Å². The Morgan fingerprint density at radius 3 is 2.38 bits per heavy atom. The number of urea groups is 1. The predicted molar refractivity (Wildman–Crippen MR) is 96.3 cm³/mol. The summed E-state index contributed by atoms with van der Waals surface area (Å²) in [6.07, 6.45) is 2.28. The van der Waals surface area contributed by atoms with Crippen molar-refractivity contribution in [3.63, 3.8) is 0 Å². The molecular formula is C20H22F2N2O2. The van der Waals surface area contributed by atoms with Gasteiger partial charge in [0, 0.05) is 18.3 Å². The molecular weight excluding hydrogens is 338 g/mol. The van der Waals surface area contributed by atoms with E-state index in [4.69, 9.17) is 0 Å². The molecule has 0 aliphatic heterocycles. The first-order valence-corrected chi connectivity index (χ1v) is 8.69. The Morgan fingerprint density at radius 1 is 1.15 bits per heavy atom. The van der Waals surface area contributed by atoms with Crippen molar-refractivity contribution in [3.05, 3.63) is 60.2 Å². The molecule has 2 aromatic rings. The third-order valence-electron chi connectivity index (χ3n) is 4.58. The normalized spacial score (nSPS) is 14.8. The highest BCUT2D eigenvalue weighted by atomic mass is 19.3. The summed E-state index contributed by atoms with van der Waals surface area (Å²) in [6, 6.07) is 15.7. The van der Waals surface area contributed by atoms with Gasteiger partial charge in [0.1, 0.15) is 5.75 Å². The molecule has 138 valence electrons. The van der Waals surface area contributed by atoms with Crippen LogP contribution in [-0.2, 0) is 6.54 Å². The third-order valence-corrected chi connectivity index (χ3v) is 4.58. The van der Waals surface area contributed by atoms with E-state index < -0.39 is 6.61 Å². The van der Waals surface area contributed by atoms with Gasteiger partial charge < -0.3 is 15.0 Å². The van der Waals surface area contributed by atoms with Crippen LogP contribution in [-0.4, -0.2) is 23.6 Å². The number of hydrogen-bond acceptors (Lipinski definition) is 2. The largest absolute Gasteiger partial charge is 0.435 e. The number of carbonyl (C=O) groups excluding carboxylic acids is 1. The highest BCUT2D eigenvalue weighted by Crippen LogP contribution is 2.36. The van der Waals surface area contributed by atoms with Gasteiger partial charge in [-0.3, -0.25) is 0 Å². The van der Waals surface area contributed by atoms with Crippen LogP contribution in [0, 0.1) is 5.92 Å². The number of anilines is 1. The second-order valence-electron chi connectivity index (χ2n) is 6.52. The van der Waals surface area contributed by atoms with Crippen molar-refractivity contribution in [3.8, 4) is 5.75 Å². The predicted octanol–water partition coefficient (Wildman–Crippen LogP) is 5.12. The topological polar surface area (TPSA) is 41.6 Å². The number of rotatable bonds is 7. The number of nitrogens with one attached hydrogen (secondary N) is 1. The third kappa shape index (κ3) is 4.94. The quantitative estimate of drug-likeness (QED) is 0.744. The summed E-state index contributed by atoms with van der Waals surface area (Å²) in [5, 5.41) is 2.85. The summed E-state index contributed by atoms with van der Waals surface area (Å²) >= 11 is 0. The number of benzene rings is 2. The van der Waals surface area contributed by atoms with Crippen molar-refractivity contribution in [1.29, 1.82) is 0 Å². The standard InChI is InChI=1S/C20H22F2N2O2/c1-14(16-7-8-16)24(13-15-5-3-2-4-6-15)20(25)23-17-9-11-18(12-10-17)26-19(21)22/h2-6,9-12,14,16,19H,7-8,13H2,1H3,(H,23,25). The maximum Gasteiger partial charge on any atom is 0.387 e. The second kappa shape index (κ2) is 8.17. The van der Waals surface area contributed by atoms with E-state index in [-0.39, 0.29) is 17.8 Å². The van der Waals surface area contributed by atoms with Crippen LogP contribution in [0.2, 0.25) is 0 Å². The van der Waals surface area contributed by atoms with E-state index in [1.165, 1.54) is 12.1 Å². The number of halogens is 2. The Labute approximate surface area is 151 Å². The monoisotopic (exact) mass is 360 g/mol. The lowest BCUT2D eigenvalue weighted by atomic mass is 10.1. The van der Waals surface area contributed by atoms with Crippen molar-refractivity contribution in [2.75, 3.05) is 5.32 Å². The zero-order valence-corrected chi connectivity index (χ0v) is 14.6. The molecule has 3 rings (SSSR count). The Morgan fingerprint density at radius 2 is 1.81 bits per heavy atom. The number of ether oxygens (including phenoxy) is 1. The maximum absolute atomic E-state index is 12.8. The molecule has 1 N–H and O–H groups in total. The minimum atomic E-state index is -2.86. The Bertz CT molecular complexity index is 718. The average Bonchev–Trinajstić information content (AvgIpc) is 3.46. The minimum Gasteiger partial charge on any atom is -0.435 e. The van der Waals surface area contributed by atoms with Crippen molar-refractivity contribution < 1.29 is 18.3 Å². The van der Waals surface area contributed by atoms with Gasteiger partial charge in [0.05, 0.1) is 0 Å². The summed E-state index contributed by atoms with van der Waals surface area (Å²) in [4.78, 5) is 14.6. The molecule has 0 bridgehead atoms. The molecule has 0 radical (unpaired) electrons. The van der Waals surface area contributed by atoms with Crippen LogP contribution in [0.25, 0.3) is 0 Å². The van der Waals surface area contributed by atoms with Crippen molar-refractivity contribution in [2.24, 2.45) is 5.92 Å². The van der Waals surface area contributed by atoms with Gasteiger partial charge in [-0.15, -0.1) is 0 Å². The molecule has 0 aromatic heterocycles. The molecule has 2 amide bonds. The molecule has 0 saturated heterocycles. The Hall–Kier alpha value is -2.63. The van der Waals surface area contributed by atoms with Crippen LogP contribution in [0.4, 0.5) is 19.3 Å². The highest BCUT2D eigenvalue weighted by molar-refractivity contribution is 5.89. The van der Waals surface area contributed by atoms with Gasteiger partial charge in [-0.05, 0) is 55.5 Å². The molecule has 4 nitrogen and oxygen atoms in total. The minimum absolute atomic E-state index is 0.0606. The fraction of sp³-hybridized carbons (Fsp3) is 0.350. The molecule has 1 fully saturated rings. The Balaban J connectivity index is 1.68. The molecule has 0 spiro atoms. The molecule has 1 unspecified atom stereocenters. The van der Waals surface area contributed by atoms with Gasteiger partial charge in [-0.1, -0.05) is 30.3 Å². The van der Waals surface area contributed by atoms with Crippen LogP contribution in [0.1, 0.15) is 25.3 Å². The zero-order chi connectivity index (χ0) is 18.5. The lowest BCUT2D eigenvalue weighted by Crippen LogP contribution is -2.42. The molecule has 1 saturated carbocycles. The Kier molecular flexibility index (Phi) is 5.71. The summed E-state index contributed by atoms with van der Waals surface area (Å²) in [7, 11) is 0. The van der Waals surface area contributed by atoms with Gasteiger partial charge in [0.15, 0.2) is 0 Å². The lowest BCUT2D eigenvalue weighted by Gasteiger charge is -2.29. The average molecular weight is 360 g/mol. The smallest absolute Gasteiger partial charge is 0.387 e. The molecule has 0 heterocycles. The molecule has 2 aromatic carbocycles. The van der Waals surface area contributed by atoms with Crippen molar-refractivity contribution in [1.82, 2.24) is 4.90 Å².